The van der Waals surface area contributed by atoms with Crippen LogP contribution in [0.4, 0.5) is 5.13 Å². The molecule has 3 heterocycles. The molecule has 0 aliphatic heterocycles. The van der Waals surface area contributed by atoms with E-state index in [0.29, 0.717) is 20.9 Å². The van der Waals surface area contributed by atoms with Crippen molar-refractivity contribution in [3.63, 3.8) is 0 Å². The lowest BCUT2D eigenvalue weighted by atomic mass is 10.2. The zero-order chi connectivity index (χ0) is 18.1. The van der Waals surface area contributed by atoms with Gasteiger partial charge < -0.3 is 14.5 Å². The highest BCUT2D eigenvalue weighted by atomic mass is 35.5. The van der Waals surface area contributed by atoms with Gasteiger partial charge >= 0.3 is 0 Å². The fraction of sp³-hybridized carbons (Fsp3) is 0.111. The quantitative estimate of drug-likeness (QED) is 0.479. The van der Waals surface area contributed by atoms with Crippen LogP contribution in [0.15, 0.2) is 46.2 Å². The van der Waals surface area contributed by atoms with Crippen molar-refractivity contribution in [1.82, 2.24) is 4.98 Å². The van der Waals surface area contributed by atoms with E-state index in [1.165, 1.54) is 22.7 Å². The summed E-state index contributed by atoms with van der Waals surface area (Å²) in [4.78, 5) is 17.5. The molecular formula is C18H13ClN2O3S2. The third-order valence-corrected chi connectivity index (χ3v) is 5.68. The molecule has 8 heteroatoms. The number of carbonyl (C=O) groups excluding carboxylic acids is 1. The second kappa shape index (κ2) is 7.11. The highest BCUT2D eigenvalue weighted by Gasteiger charge is 2.13. The molecule has 4 rings (SSSR count). The van der Waals surface area contributed by atoms with Gasteiger partial charge in [-0.1, -0.05) is 11.6 Å². The lowest BCUT2D eigenvalue weighted by molar-refractivity contribution is -0.115. The van der Waals surface area contributed by atoms with Crippen LogP contribution in [0.5, 0.6) is 5.75 Å². The van der Waals surface area contributed by atoms with Crippen LogP contribution in [-0.4, -0.2) is 18.0 Å². The van der Waals surface area contributed by atoms with Crippen molar-refractivity contribution in [1.29, 1.82) is 0 Å². The molecule has 1 aromatic carbocycles. The maximum absolute atomic E-state index is 12.1. The number of anilines is 1. The highest BCUT2D eigenvalue weighted by Crippen LogP contribution is 2.32. The summed E-state index contributed by atoms with van der Waals surface area (Å²) < 4.78 is 11.7. The second-order valence-corrected chi connectivity index (χ2v) is 8.14. The van der Waals surface area contributed by atoms with Crippen molar-refractivity contribution in [3.8, 4) is 17.2 Å². The molecule has 0 saturated heterocycles. The minimum absolute atomic E-state index is 0.126. The summed E-state index contributed by atoms with van der Waals surface area (Å²) in [5.74, 6) is 1.29. The Morgan fingerprint density at radius 3 is 2.96 bits per heavy atom. The summed E-state index contributed by atoms with van der Waals surface area (Å²) in [7, 11) is 1.63. The molecule has 0 unspecified atom stereocenters. The number of benzene rings is 1. The van der Waals surface area contributed by atoms with E-state index in [-0.39, 0.29) is 12.3 Å². The fourth-order valence-corrected chi connectivity index (χ4v) is 4.29. The summed E-state index contributed by atoms with van der Waals surface area (Å²) in [5.41, 5.74) is 1.44. The van der Waals surface area contributed by atoms with Crippen LogP contribution in [0.3, 0.4) is 0 Å². The van der Waals surface area contributed by atoms with Crippen LogP contribution < -0.4 is 10.1 Å². The van der Waals surface area contributed by atoms with Crippen LogP contribution in [0.1, 0.15) is 4.88 Å². The normalized spacial score (nSPS) is 11.0. The van der Waals surface area contributed by atoms with Gasteiger partial charge in [-0.25, -0.2) is 4.98 Å². The number of furan rings is 1. The van der Waals surface area contributed by atoms with Gasteiger partial charge in [-0.2, -0.15) is 0 Å². The summed E-state index contributed by atoms with van der Waals surface area (Å²) in [5, 5.41) is 6.14. The number of thiophene rings is 1. The molecular weight excluding hydrogens is 392 g/mol. The predicted molar refractivity (Wildman–Crippen MR) is 106 cm³/mol. The SMILES string of the molecule is COc1ccc2oc(-c3csc(NC(=O)Cc4ccc(Cl)s4)n3)cc2c1. The summed E-state index contributed by atoms with van der Waals surface area (Å²) >= 11 is 8.64. The molecule has 5 nitrogen and oxygen atoms in total. The van der Waals surface area contributed by atoms with Crippen LogP contribution >= 0.6 is 34.3 Å². The van der Waals surface area contributed by atoms with Gasteiger partial charge in [0.25, 0.3) is 0 Å². The number of thiazole rings is 1. The van der Waals surface area contributed by atoms with Gasteiger partial charge in [-0.3, -0.25) is 4.79 Å². The Bertz CT molecular complexity index is 1080. The number of amides is 1. The van der Waals surface area contributed by atoms with Crippen molar-refractivity contribution >= 4 is 56.3 Å². The fourth-order valence-electron chi connectivity index (χ4n) is 2.49. The molecule has 0 atom stereocenters. The van der Waals surface area contributed by atoms with Gasteiger partial charge in [0.05, 0.1) is 17.9 Å². The van der Waals surface area contributed by atoms with Crippen molar-refractivity contribution in [3.05, 3.63) is 51.0 Å². The lowest BCUT2D eigenvalue weighted by Crippen LogP contribution is -2.13. The smallest absolute Gasteiger partial charge is 0.231 e. The minimum Gasteiger partial charge on any atom is -0.497 e. The summed E-state index contributed by atoms with van der Waals surface area (Å²) in [6.45, 7) is 0. The number of nitrogens with zero attached hydrogens (tertiary/aromatic N) is 1. The molecule has 1 N–H and O–H groups in total. The van der Waals surface area contributed by atoms with E-state index in [4.69, 9.17) is 20.8 Å². The Morgan fingerprint density at radius 1 is 1.31 bits per heavy atom. The average molecular weight is 405 g/mol. The molecule has 0 aliphatic rings. The standard InChI is InChI=1S/C18H13ClN2O3S2/c1-23-11-2-4-14-10(6-11)7-15(24-14)13-9-25-18(20-13)21-17(22)8-12-3-5-16(19)26-12/h2-7,9H,8H2,1H3,(H,20,21,22). The van der Waals surface area contributed by atoms with E-state index in [9.17, 15) is 4.79 Å². The lowest BCUT2D eigenvalue weighted by Gasteiger charge is -1.99. The first-order valence-electron chi connectivity index (χ1n) is 7.68. The van der Waals surface area contributed by atoms with E-state index in [1.807, 2.05) is 35.7 Å². The first-order chi connectivity index (χ1) is 12.6. The zero-order valence-electron chi connectivity index (χ0n) is 13.6. The molecule has 0 fully saturated rings. The number of ether oxygens (including phenoxy) is 1. The molecule has 0 aliphatic carbocycles. The zero-order valence-corrected chi connectivity index (χ0v) is 16.0. The minimum atomic E-state index is -0.126. The van der Waals surface area contributed by atoms with Crippen LogP contribution in [0.25, 0.3) is 22.4 Å². The number of hydrogen-bond donors (Lipinski definition) is 1. The van der Waals surface area contributed by atoms with Gasteiger partial charge in [0, 0.05) is 15.6 Å². The topological polar surface area (TPSA) is 64.4 Å². The number of carbonyl (C=O) groups is 1. The number of fused-ring (bicyclic) bond motifs is 1. The van der Waals surface area contributed by atoms with E-state index in [2.05, 4.69) is 10.3 Å². The number of nitrogens with one attached hydrogen (secondary N) is 1. The Kier molecular flexibility index (Phi) is 4.67. The van der Waals surface area contributed by atoms with Crippen molar-refractivity contribution in [2.45, 2.75) is 6.42 Å². The van der Waals surface area contributed by atoms with E-state index in [0.717, 1.165) is 21.6 Å². The van der Waals surface area contributed by atoms with Crippen molar-refractivity contribution < 1.29 is 13.9 Å². The Hall–Kier alpha value is -2.35. The monoisotopic (exact) mass is 404 g/mol. The Balaban J connectivity index is 1.49. The Labute approximate surface area is 162 Å². The average Bonchev–Trinajstić information content (AvgIpc) is 3.33. The number of aromatic nitrogens is 1. The molecule has 132 valence electrons. The van der Waals surface area contributed by atoms with Gasteiger partial charge in [-0.05, 0) is 36.4 Å². The number of halogens is 1. The molecule has 1 amide bonds. The molecule has 0 spiro atoms. The summed E-state index contributed by atoms with van der Waals surface area (Å²) in [6, 6.07) is 11.2. The second-order valence-electron chi connectivity index (χ2n) is 5.48. The maximum Gasteiger partial charge on any atom is 0.231 e. The first-order valence-corrected chi connectivity index (χ1v) is 9.75. The van der Waals surface area contributed by atoms with E-state index in [1.54, 1.807) is 13.2 Å². The van der Waals surface area contributed by atoms with Gasteiger partial charge in [0.15, 0.2) is 10.9 Å². The number of rotatable bonds is 5. The third kappa shape index (κ3) is 3.60. The van der Waals surface area contributed by atoms with Crippen LogP contribution in [0.2, 0.25) is 4.34 Å². The molecule has 26 heavy (non-hydrogen) atoms. The molecule has 4 aromatic rings. The number of hydrogen-bond acceptors (Lipinski definition) is 6. The summed E-state index contributed by atoms with van der Waals surface area (Å²) in [6.07, 6.45) is 0.275. The molecule has 0 saturated carbocycles. The molecule has 0 radical (unpaired) electrons. The van der Waals surface area contributed by atoms with Gasteiger partial charge in [0.2, 0.25) is 5.91 Å². The van der Waals surface area contributed by atoms with Crippen LogP contribution in [0, 0.1) is 0 Å². The maximum atomic E-state index is 12.1. The molecule has 0 bridgehead atoms. The Morgan fingerprint density at radius 2 is 2.19 bits per heavy atom. The predicted octanol–water partition coefficient (Wildman–Crippen LogP) is 5.46. The van der Waals surface area contributed by atoms with Gasteiger partial charge in [0.1, 0.15) is 17.0 Å². The van der Waals surface area contributed by atoms with E-state index < -0.39 is 0 Å². The number of methoxy groups -OCH3 is 1. The van der Waals surface area contributed by atoms with Crippen molar-refractivity contribution in [2.24, 2.45) is 0 Å². The first kappa shape index (κ1) is 17.1. The third-order valence-electron chi connectivity index (χ3n) is 3.69. The van der Waals surface area contributed by atoms with Crippen LogP contribution in [-0.2, 0) is 11.2 Å². The van der Waals surface area contributed by atoms with Crippen molar-refractivity contribution in [2.75, 3.05) is 12.4 Å². The molecule has 3 aromatic heterocycles. The highest BCUT2D eigenvalue weighted by molar-refractivity contribution is 7.16. The van der Waals surface area contributed by atoms with Gasteiger partial charge in [-0.15, -0.1) is 22.7 Å². The van der Waals surface area contributed by atoms with E-state index >= 15 is 0 Å². The largest absolute Gasteiger partial charge is 0.497 e.